The number of rotatable bonds is 4. The number of carbonyl (C=O) groups excluding carboxylic acids is 1. The molecule has 0 spiro atoms. The van der Waals surface area contributed by atoms with Gasteiger partial charge in [0.15, 0.2) is 0 Å². The second kappa shape index (κ2) is 5.88. The summed E-state index contributed by atoms with van der Waals surface area (Å²) in [6, 6.07) is 16.7. The van der Waals surface area contributed by atoms with Crippen LogP contribution in [0.1, 0.15) is 15.9 Å². The summed E-state index contributed by atoms with van der Waals surface area (Å²) in [4.78, 5) is 12.0. The number of ether oxygens (including phenoxy) is 1. The van der Waals surface area contributed by atoms with Crippen molar-refractivity contribution in [3.8, 4) is 5.75 Å². The van der Waals surface area contributed by atoms with Crippen LogP contribution in [0.25, 0.3) is 0 Å². The molecule has 3 heteroatoms. The third kappa shape index (κ3) is 4.21. The van der Waals surface area contributed by atoms with Gasteiger partial charge in [-0.1, -0.05) is 30.3 Å². The summed E-state index contributed by atoms with van der Waals surface area (Å²) in [6.07, 6.45) is 0. The molecule has 2 aromatic rings. The first-order valence-corrected chi connectivity index (χ1v) is 6.61. The zero-order chi connectivity index (χ0) is 14.6. The van der Waals surface area contributed by atoms with Gasteiger partial charge in [-0.15, -0.1) is 0 Å². The average Bonchev–Trinajstić information content (AvgIpc) is 2.39. The SMILES string of the molecule is C[N+](C)(C)Cc1ccc(C(=O)Oc2ccccc2)cc1. The predicted octanol–water partition coefficient (Wildman–Crippen LogP) is 3.11. The summed E-state index contributed by atoms with van der Waals surface area (Å²) in [5.74, 6) is 0.237. The van der Waals surface area contributed by atoms with Crippen LogP contribution < -0.4 is 4.74 Å². The molecular formula is C17H20NO2+. The molecule has 0 aliphatic carbocycles. The van der Waals surface area contributed by atoms with E-state index in [9.17, 15) is 4.79 Å². The zero-order valence-electron chi connectivity index (χ0n) is 12.2. The third-order valence-corrected chi connectivity index (χ3v) is 2.80. The average molecular weight is 270 g/mol. The number of esters is 1. The first-order valence-electron chi connectivity index (χ1n) is 6.61. The Morgan fingerprint density at radius 1 is 0.950 bits per heavy atom. The summed E-state index contributed by atoms with van der Waals surface area (Å²) < 4.78 is 6.15. The molecule has 0 heterocycles. The quantitative estimate of drug-likeness (QED) is 0.485. The van der Waals surface area contributed by atoms with Crippen LogP contribution in [0, 0.1) is 0 Å². The molecule has 0 atom stereocenters. The van der Waals surface area contributed by atoms with Crippen molar-refractivity contribution >= 4 is 5.97 Å². The molecule has 0 radical (unpaired) electrons. The minimum atomic E-state index is -0.326. The van der Waals surface area contributed by atoms with Crippen LogP contribution in [-0.2, 0) is 6.54 Å². The van der Waals surface area contributed by atoms with E-state index in [4.69, 9.17) is 4.74 Å². The minimum absolute atomic E-state index is 0.326. The van der Waals surface area contributed by atoms with Crippen LogP contribution in [0.15, 0.2) is 54.6 Å². The predicted molar refractivity (Wildman–Crippen MR) is 79.6 cm³/mol. The molecule has 0 bridgehead atoms. The standard InChI is InChI=1S/C17H20NO2/c1-18(2,3)13-14-9-11-15(12-10-14)17(19)20-16-7-5-4-6-8-16/h4-12H,13H2,1-3H3/q+1. The molecule has 0 aliphatic rings. The Hall–Kier alpha value is -2.13. The highest BCUT2D eigenvalue weighted by atomic mass is 16.5. The molecule has 0 aromatic heterocycles. The Morgan fingerprint density at radius 3 is 2.10 bits per heavy atom. The first kappa shape index (κ1) is 14.3. The van der Waals surface area contributed by atoms with E-state index in [-0.39, 0.29) is 5.97 Å². The Morgan fingerprint density at radius 2 is 1.55 bits per heavy atom. The summed E-state index contributed by atoms with van der Waals surface area (Å²) in [6.45, 7) is 0.925. The van der Waals surface area contributed by atoms with Crippen LogP contribution in [-0.4, -0.2) is 31.6 Å². The maximum Gasteiger partial charge on any atom is 0.343 e. The van der Waals surface area contributed by atoms with Crippen LogP contribution in [0.2, 0.25) is 0 Å². The highest BCUT2D eigenvalue weighted by Gasteiger charge is 2.11. The molecule has 0 fully saturated rings. The van der Waals surface area contributed by atoms with E-state index in [0.717, 1.165) is 11.0 Å². The van der Waals surface area contributed by atoms with E-state index in [2.05, 4.69) is 21.1 Å². The van der Waals surface area contributed by atoms with E-state index >= 15 is 0 Å². The number of para-hydroxylation sites is 1. The maximum absolute atomic E-state index is 12.0. The van der Waals surface area contributed by atoms with Crippen LogP contribution in [0.4, 0.5) is 0 Å². The lowest BCUT2D eigenvalue weighted by molar-refractivity contribution is -0.884. The highest BCUT2D eigenvalue weighted by Crippen LogP contribution is 2.13. The Kier molecular flexibility index (Phi) is 4.20. The number of carbonyl (C=O) groups is 1. The monoisotopic (exact) mass is 270 g/mol. The topological polar surface area (TPSA) is 26.3 Å². The van der Waals surface area contributed by atoms with E-state index in [1.54, 1.807) is 12.1 Å². The van der Waals surface area contributed by atoms with Gasteiger partial charge in [0.2, 0.25) is 0 Å². The fraction of sp³-hybridized carbons (Fsp3) is 0.235. The lowest BCUT2D eigenvalue weighted by Crippen LogP contribution is -2.33. The van der Waals surface area contributed by atoms with Gasteiger partial charge in [-0.2, -0.15) is 0 Å². The molecule has 2 rings (SSSR count). The number of quaternary nitrogens is 1. The molecule has 2 aromatic carbocycles. The van der Waals surface area contributed by atoms with Crippen LogP contribution in [0.5, 0.6) is 5.75 Å². The number of hydrogen-bond donors (Lipinski definition) is 0. The molecule has 20 heavy (non-hydrogen) atoms. The Bertz CT molecular complexity index is 568. The molecule has 0 saturated heterocycles. The maximum atomic E-state index is 12.0. The largest absolute Gasteiger partial charge is 0.423 e. The van der Waals surface area contributed by atoms with Crippen molar-refractivity contribution in [2.45, 2.75) is 6.54 Å². The summed E-state index contributed by atoms with van der Waals surface area (Å²) in [5.41, 5.74) is 1.77. The Balaban J connectivity index is 2.04. The van der Waals surface area contributed by atoms with Crippen molar-refractivity contribution < 1.29 is 14.0 Å². The molecule has 3 nitrogen and oxygen atoms in total. The fourth-order valence-corrected chi connectivity index (χ4v) is 1.95. The van der Waals surface area contributed by atoms with Gasteiger partial charge in [-0.05, 0) is 24.3 Å². The fourth-order valence-electron chi connectivity index (χ4n) is 1.95. The molecule has 0 aliphatic heterocycles. The van der Waals surface area contributed by atoms with Crippen molar-refractivity contribution in [2.75, 3.05) is 21.1 Å². The molecule has 104 valence electrons. The zero-order valence-corrected chi connectivity index (χ0v) is 12.2. The van der Waals surface area contributed by atoms with Crippen molar-refractivity contribution in [1.29, 1.82) is 0 Å². The van der Waals surface area contributed by atoms with Crippen LogP contribution in [0.3, 0.4) is 0 Å². The summed E-state index contributed by atoms with van der Waals surface area (Å²) in [5, 5.41) is 0. The van der Waals surface area contributed by atoms with E-state index in [1.807, 2.05) is 42.5 Å². The Labute approximate surface area is 120 Å². The van der Waals surface area contributed by atoms with E-state index in [0.29, 0.717) is 11.3 Å². The smallest absolute Gasteiger partial charge is 0.343 e. The lowest BCUT2D eigenvalue weighted by Gasteiger charge is -2.23. The van der Waals surface area contributed by atoms with Crippen molar-refractivity contribution in [3.05, 3.63) is 65.7 Å². The van der Waals surface area contributed by atoms with Crippen molar-refractivity contribution in [2.24, 2.45) is 0 Å². The summed E-state index contributed by atoms with van der Waals surface area (Å²) >= 11 is 0. The molecule has 0 unspecified atom stereocenters. The number of hydrogen-bond acceptors (Lipinski definition) is 2. The van der Waals surface area contributed by atoms with Gasteiger partial charge in [-0.25, -0.2) is 4.79 Å². The normalized spacial score (nSPS) is 11.2. The molecule has 0 amide bonds. The second-order valence-corrected chi connectivity index (χ2v) is 5.85. The van der Waals surface area contributed by atoms with Gasteiger partial charge in [0.25, 0.3) is 0 Å². The second-order valence-electron chi connectivity index (χ2n) is 5.85. The summed E-state index contributed by atoms with van der Waals surface area (Å²) in [7, 11) is 6.41. The van der Waals surface area contributed by atoms with Crippen LogP contribution >= 0.6 is 0 Å². The minimum Gasteiger partial charge on any atom is -0.423 e. The number of benzene rings is 2. The molecule has 0 N–H and O–H groups in total. The van der Waals surface area contributed by atoms with Crippen molar-refractivity contribution in [3.63, 3.8) is 0 Å². The number of nitrogens with zero attached hydrogens (tertiary/aromatic N) is 1. The van der Waals surface area contributed by atoms with E-state index < -0.39 is 0 Å². The highest BCUT2D eigenvalue weighted by molar-refractivity contribution is 5.91. The first-order chi connectivity index (χ1) is 9.44. The van der Waals surface area contributed by atoms with Gasteiger partial charge in [0.05, 0.1) is 26.7 Å². The lowest BCUT2D eigenvalue weighted by atomic mass is 10.1. The van der Waals surface area contributed by atoms with Gasteiger partial charge in [0.1, 0.15) is 12.3 Å². The van der Waals surface area contributed by atoms with Gasteiger partial charge >= 0.3 is 5.97 Å². The van der Waals surface area contributed by atoms with Gasteiger partial charge < -0.3 is 9.22 Å². The van der Waals surface area contributed by atoms with Gasteiger partial charge in [-0.3, -0.25) is 0 Å². The molecular weight excluding hydrogens is 250 g/mol. The van der Waals surface area contributed by atoms with Gasteiger partial charge in [0, 0.05) is 5.56 Å². The van der Waals surface area contributed by atoms with Crippen molar-refractivity contribution in [1.82, 2.24) is 0 Å². The molecule has 0 saturated carbocycles. The van der Waals surface area contributed by atoms with E-state index in [1.165, 1.54) is 5.56 Å². The third-order valence-electron chi connectivity index (χ3n) is 2.80.